The molecule has 1 aliphatic rings. The van der Waals surface area contributed by atoms with Gasteiger partial charge >= 0.3 is 0 Å². The maximum atomic E-state index is 5.82. The van der Waals surface area contributed by atoms with Crippen LogP contribution in [0.5, 0.6) is 5.75 Å². The minimum absolute atomic E-state index is 0.754. The fourth-order valence-electron chi connectivity index (χ4n) is 2.08. The summed E-state index contributed by atoms with van der Waals surface area (Å²) < 4.78 is 5.76. The molecule has 18 heavy (non-hydrogen) atoms. The van der Waals surface area contributed by atoms with Crippen LogP contribution < -0.4 is 10.5 Å². The van der Waals surface area contributed by atoms with Crippen molar-refractivity contribution in [2.75, 3.05) is 32.0 Å². The molecule has 0 atom stereocenters. The SMILES string of the molecule is CC.Cc1c(N)cccc1OCCN1CCCC1. The highest BCUT2D eigenvalue weighted by molar-refractivity contribution is 5.53. The zero-order valence-corrected chi connectivity index (χ0v) is 11.9. The number of hydrogen-bond donors (Lipinski definition) is 1. The van der Waals surface area contributed by atoms with Crippen molar-refractivity contribution >= 4 is 5.69 Å². The van der Waals surface area contributed by atoms with Crippen LogP contribution in [0.3, 0.4) is 0 Å². The molecule has 0 spiro atoms. The van der Waals surface area contributed by atoms with Crippen molar-refractivity contribution in [1.82, 2.24) is 4.90 Å². The Balaban J connectivity index is 0.000000771. The molecule has 0 unspecified atom stereocenters. The molecule has 1 saturated heterocycles. The second-order valence-electron chi connectivity index (χ2n) is 4.37. The molecule has 0 amide bonds. The molecular weight excluding hydrogens is 224 g/mol. The van der Waals surface area contributed by atoms with Crippen LogP contribution in [0.25, 0.3) is 0 Å². The van der Waals surface area contributed by atoms with E-state index in [0.29, 0.717) is 0 Å². The molecular formula is C15H26N2O. The maximum Gasteiger partial charge on any atom is 0.124 e. The molecule has 1 aliphatic heterocycles. The van der Waals surface area contributed by atoms with Gasteiger partial charge in [-0.15, -0.1) is 0 Å². The molecule has 3 heteroatoms. The first-order valence-corrected chi connectivity index (χ1v) is 6.97. The predicted molar refractivity (Wildman–Crippen MR) is 78.1 cm³/mol. The normalized spacial score (nSPS) is 15.1. The Morgan fingerprint density at radius 2 is 1.89 bits per heavy atom. The van der Waals surface area contributed by atoms with E-state index in [9.17, 15) is 0 Å². The van der Waals surface area contributed by atoms with Gasteiger partial charge in [0.2, 0.25) is 0 Å². The minimum Gasteiger partial charge on any atom is -0.492 e. The lowest BCUT2D eigenvalue weighted by atomic mass is 10.2. The van der Waals surface area contributed by atoms with Crippen LogP contribution in [0.15, 0.2) is 18.2 Å². The van der Waals surface area contributed by atoms with E-state index >= 15 is 0 Å². The second kappa shape index (κ2) is 7.98. The highest BCUT2D eigenvalue weighted by Gasteiger charge is 2.11. The maximum absolute atomic E-state index is 5.82. The zero-order valence-electron chi connectivity index (χ0n) is 11.9. The molecule has 1 aromatic rings. The van der Waals surface area contributed by atoms with E-state index in [2.05, 4.69) is 4.90 Å². The van der Waals surface area contributed by atoms with Gasteiger partial charge in [0.15, 0.2) is 0 Å². The molecule has 0 bridgehead atoms. The van der Waals surface area contributed by atoms with Gasteiger partial charge < -0.3 is 10.5 Å². The Hall–Kier alpha value is -1.22. The Kier molecular flexibility index (Phi) is 6.58. The van der Waals surface area contributed by atoms with Gasteiger partial charge in [-0.25, -0.2) is 0 Å². The number of rotatable bonds is 4. The van der Waals surface area contributed by atoms with E-state index in [1.807, 2.05) is 39.0 Å². The molecule has 0 saturated carbocycles. The fraction of sp³-hybridized carbons (Fsp3) is 0.600. The number of benzene rings is 1. The van der Waals surface area contributed by atoms with Crippen molar-refractivity contribution in [1.29, 1.82) is 0 Å². The van der Waals surface area contributed by atoms with Crippen molar-refractivity contribution in [3.8, 4) is 5.75 Å². The molecule has 1 heterocycles. The van der Waals surface area contributed by atoms with Crippen molar-refractivity contribution < 1.29 is 4.74 Å². The number of anilines is 1. The molecule has 0 aliphatic carbocycles. The standard InChI is InChI=1S/C13H20N2O.C2H6/c1-11-12(14)5-4-6-13(11)16-10-9-15-7-2-3-8-15;1-2/h4-6H,2-3,7-10,14H2,1H3;1-2H3. The summed E-state index contributed by atoms with van der Waals surface area (Å²) in [7, 11) is 0. The van der Waals surface area contributed by atoms with E-state index in [-0.39, 0.29) is 0 Å². The van der Waals surface area contributed by atoms with Crippen molar-refractivity contribution in [2.45, 2.75) is 33.6 Å². The average Bonchev–Trinajstić information content (AvgIpc) is 2.90. The van der Waals surface area contributed by atoms with Crippen molar-refractivity contribution in [3.63, 3.8) is 0 Å². The molecule has 1 fully saturated rings. The summed E-state index contributed by atoms with van der Waals surface area (Å²) in [5.74, 6) is 0.916. The monoisotopic (exact) mass is 250 g/mol. The summed E-state index contributed by atoms with van der Waals surface area (Å²) in [6.45, 7) is 10.2. The van der Waals surface area contributed by atoms with Crippen LogP contribution in [0, 0.1) is 6.92 Å². The molecule has 0 aromatic heterocycles. The summed E-state index contributed by atoms with van der Waals surface area (Å²) >= 11 is 0. The second-order valence-corrected chi connectivity index (χ2v) is 4.37. The first-order chi connectivity index (χ1) is 8.77. The summed E-state index contributed by atoms with van der Waals surface area (Å²) in [5, 5.41) is 0. The van der Waals surface area contributed by atoms with Gasteiger partial charge in [0.05, 0.1) is 0 Å². The predicted octanol–water partition coefficient (Wildman–Crippen LogP) is 3.08. The van der Waals surface area contributed by atoms with Crippen LogP contribution in [0.4, 0.5) is 5.69 Å². The van der Waals surface area contributed by atoms with Crippen LogP contribution >= 0.6 is 0 Å². The molecule has 0 radical (unpaired) electrons. The van der Waals surface area contributed by atoms with Gasteiger partial charge in [-0.1, -0.05) is 19.9 Å². The van der Waals surface area contributed by atoms with Crippen LogP contribution in [-0.4, -0.2) is 31.1 Å². The van der Waals surface area contributed by atoms with Gasteiger partial charge in [0.25, 0.3) is 0 Å². The van der Waals surface area contributed by atoms with Gasteiger partial charge in [0.1, 0.15) is 12.4 Å². The third-order valence-electron chi connectivity index (χ3n) is 3.19. The van der Waals surface area contributed by atoms with Gasteiger partial charge in [-0.2, -0.15) is 0 Å². The number of likely N-dealkylation sites (tertiary alicyclic amines) is 1. The summed E-state index contributed by atoms with van der Waals surface area (Å²) in [5.41, 5.74) is 7.67. The van der Waals surface area contributed by atoms with Crippen LogP contribution in [0.1, 0.15) is 32.3 Å². The minimum atomic E-state index is 0.754. The lowest BCUT2D eigenvalue weighted by Crippen LogP contribution is -2.25. The Morgan fingerprint density at radius 3 is 2.56 bits per heavy atom. The average molecular weight is 250 g/mol. The quantitative estimate of drug-likeness (QED) is 0.835. The topological polar surface area (TPSA) is 38.5 Å². The lowest BCUT2D eigenvalue weighted by Gasteiger charge is -2.16. The van der Waals surface area contributed by atoms with E-state index < -0.39 is 0 Å². The summed E-state index contributed by atoms with van der Waals surface area (Å²) in [4.78, 5) is 2.45. The van der Waals surface area contributed by atoms with Gasteiger partial charge in [-0.3, -0.25) is 4.90 Å². The summed E-state index contributed by atoms with van der Waals surface area (Å²) in [6, 6.07) is 5.83. The Bertz CT molecular complexity index is 346. The zero-order chi connectivity index (χ0) is 13.4. The van der Waals surface area contributed by atoms with Crippen molar-refractivity contribution in [2.24, 2.45) is 0 Å². The number of nitrogen functional groups attached to an aromatic ring is 1. The third-order valence-corrected chi connectivity index (χ3v) is 3.19. The lowest BCUT2D eigenvalue weighted by molar-refractivity contribution is 0.237. The summed E-state index contributed by atoms with van der Waals surface area (Å²) in [6.07, 6.45) is 2.66. The number of nitrogens with two attached hydrogens (primary N) is 1. The highest BCUT2D eigenvalue weighted by atomic mass is 16.5. The highest BCUT2D eigenvalue weighted by Crippen LogP contribution is 2.22. The number of nitrogens with zero attached hydrogens (tertiary/aromatic N) is 1. The van der Waals surface area contributed by atoms with Crippen molar-refractivity contribution in [3.05, 3.63) is 23.8 Å². The van der Waals surface area contributed by atoms with Gasteiger partial charge in [0, 0.05) is 17.8 Å². The van der Waals surface area contributed by atoms with E-state index in [0.717, 1.165) is 30.2 Å². The smallest absolute Gasteiger partial charge is 0.124 e. The molecule has 2 rings (SSSR count). The third kappa shape index (κ3) is 4.22. The van der Waals surface area contributed by atoms with Crippen LogP contribution in [0.2, 0.25) is 0 Å². The first kappa shape index (κ1) is 14.8. The van der Waals surface area contributed by atoms with E-state index in [1.54, 1.807) is 0 Å². The fourth-order valence-corrected chi connectivity index (χ4v) is 2.08. The van der Waals surface area contributed by atoms with E-state index in [4.69, 9.17) is 10.5 Å². The Labute approximate surface area is 111 Å². The molecule has 102 valence electrons. The largest absolute Gasteiger partial charge is 0.492 e. The molecule has 2 N–H and O–H groups in total. The Morgan fingerprint density at radius 1 is 1.22 bits per heavy atom. The molecule has 3 nitrogen and oxygen atoms in total. The molecule has 1 aromatic carbocycles. The first-order valence-electron chi connectivity index (χ1n) is 6.97. The van der Waals surface area contributed by atoms with Gasteiger partial charge in [-0.05, 0) is 45.0 Å². The number of ether oxygens (including phenoxy) is 1. The van der Waals surface area contributed by atoms with E-state index in [1.165, 1.54) is 25.9 Å². The number of hydrogen-bond acceptors (Lipinski definition) is 3. The van der Waals surface area contributed by atoms with Crippen LogP contribution in [-0.2, 0) is 0 Å².